The van der Waals surface area contributed by atoms with E-state index in [4.69, 9.17) is 5.73 Å². The third-order valence-electron chi connectivity index (χ3n) is 2.32. The number of carbonyl (C=O) groups is 1. The summed E-state index contributed by atoms with van der Waals surface area (Å²) in [6.45, 7) is 0. The monoisotopic (exact) mass is 241 g/mol. The van der Waals surface area contributed by atoms with Crippen LogP contribution in [0.2, 0.25) is 0 Å². The van der Waals surface area contributed by atoms with E-state index in [2.05, 4.69) is 5.32 Å². The van der Waals surface area contributed by atoms with Crippen LogP contribution in [0.4, 0.5) is 16.2 Å². The van der Waals surface area contributed by atoms with Gasteiger partial charge in [0.25, 0.3) is 0 Å². The van der Waals surface area contributed by atoms with Gasteiger partial charge < -0.3 is 11.1 Å². The summed E-state index contributed by atoms with van der Waals surface area (Å²) in [5, 5.41) is 2.74. The van der Waals surface area contributed by atoms with Gasteiger partial charge in [-0.3, -0.25) is 4.90 Å². The summed E-state index contributed by atoms with van der Waals surface area (Å²) in [5.74, 6) is 0. The number of anilines is 2. The zero-order valence-corrected chi connectivity index (χ0v) is 9.36. The number of benzene rings is 1. The highest BCUT2D eigenvalue weighted by molar-refractivity contribution is 7.91. The molecule has 16 heavy (non-hydrogen) atoms. The second-order valence-corrected chi connectivity index (χ2v) is 5.66. The van der Waals surface area contributed by atoms with E-state index in [1.165, 1.54) is 0 Å². The number of amides is 2. The second-order valence-electron chi connectivity index (χ2n) is 3.55. The number of fused-ring (bicyclic) bond motifs is 1. The minimum Gasteiger partial charge on any atom is -0.351 e. The average Bonchev–Trinajstić information content (AvgIpc) is 2.55. The number of hydrogen-bond donors (Lipinski definition) is 2. The van der Waals surface area contributed by atoms with Crippen molar-refractivity contribution >= 4 is 27.2 Å². The molecular formula is C9H11N3O3S. The van der Waals surface area contributed by atoms with E-state index in [-0.39, 0.29) is 0 Å². The first kappa shape index (κ1) is 10.7. The van der Waals surface area contributed by atoms with Crippen molar-refractivity contribution in [1.29, 1.82) is 0 Å². The molecule has 0 fully saturated rings. The van der Waals surface area contributed by atoms with Crippen LogP contribution in [-0.4, -0.2) is 26.2 Å². The lowest BCUT2D eigenvalue weighted by molar-refractivity contribution is 0.254. The molecule has 3 N–H and O–H groups in total. The fraction of sp³-hybridized carbons (Fsp3) is 0.222. The number of nitrogens with one attached hydrogen (secondary N) is 1. The van der Waals surface area contributed by atoms with E-state index in [0.29, 0.717) is 11.4 Å². The Bertz CT molecular complexity index is 541. The molecule has 1 aliphatic heterocycles. The fourth-order valence-corrected chi connectivity index (χ4v) is 2.60. The number of para-hydroxylation sites is 2. The van der Waals surface area contributed by atoms with Crippen molar-refractivity contribution in [3.63, 3.8) is 0 Å². The zero-order chi connectivity index (χ0) is 11.9. The Labute approximate surface area is 93.0 Å². The Morgan fingerprint density at radius 3 is 2.62 bits per heavy atom. The Hall–Kier alpha value is -1.76. The summed E-state index contributed by atoms with van der Waals surface area (Å²) in [7, 11) is -3.45. The van der Waals surface area contributed by atoms with E-state index in [1.807, 2.05) is 0 Å². The van der Waals surface area contributed by atoms with Crippen LogP contribution < -0.4 is 16.0 Å². The molecule has 0 spiro atoms. The minimum atomic E-state index is -3.45. The molecule has 0 aliphatic carbocycles. The highest BCUT2D eigenvalue weighted by Gasteiger charge is 2.38. The van der Waals surface area contributed by atoms with Gasteiger partial charge in [0.2, 0.25) is 5.50 Å². The van der Waals surface area contributed by atoms with Gasteiger partial charge in [0.05, 0.1) is 11.4 Å². The Kier molecular flexibility index (Phi) is 2.27. The maximum absolute atomic E-state index is 11.5. The lowest BCUT2D eigenvalue weighted by atomic mass is 10.3. The predicted molar refractivity (Wildman–Crippen MR) is 60.8 cm³/mol. The molecule has 1 unspecified atom stereocenters. The third kappa shape index (κ3) is 1.58. The largest absolute Gasteiger partial charge is 0.351 e. The van der Waals surface area contributed by atoms with Gasteiger partial charge >= 0.3 is 6.03 Å². The Balaban J connectivity index is 2.54. The first-order valence-corrected chi connectivity index (χ1v) is 6.50. The van der Waals surface area contributed by atoms with Crippen LogP contribution >= 0.6 is 0 Å². The van der Waals surface area contributed by atoms with Gasteiger partial charge in [-0.25, -0.2) is 13.2 Å². The number of nitrogens with zero attached hydrogens (tertiary/aromatic N) is 1. The lowest BCUT2D eigenvalue weighted by Gasteiger charge is -2.20. The molecule has 1 heterocycles. The molecule has 86 valence electrons. The molecule has 0 saturated carbocycles. The van der Waals surface area contributed by atoms with Crippen molar-refractivity contribution in [2.75, 3.05) is 16.5 Å². The van der Waals surface area contributed by atoms with E-state index in [1.54, 1.807) is 24.3 Å². The summed E-state index contributed by atoms with van der Waals surface area (Å²) in [4.78, 5) is 12.3. The van der Waals surface area contributed by atoms with Gasteiger partial charge in [0.1, 0.15) is 0 Å². The van der Waals surface area contributed by atoms with Crippen LogP contribution in [-0.2, 0) is 9.84 Å². The molecule has 2 amide bonds. The van der Waals surface area contributed by atoms with Gasteiger partial charge in [0, 0.05) is 6.26 Å². The number of rotatable bonds is 1. The van der Waals surface area contributed by atoms with Gasteiger partial charge in [-0.2, -0.15) is 0 Å². The van der Waals surface area contributed by atoms with Crippen molar-refractivity contribution in [2.45, 2.75) is 5.50 Å². The fourth-order valence-electron chi connectivity index (χ4n) is 1.66. The first-order chi connectivity index (χ1) is 7.41. The number of sulfone groups is 1. The van der Waals surface area contributed by atoms with Crippen molar-refractivity contribution in [2.24, 2.45) is 5.73 Å². The van der Waals surface area contributed by atoms with E-state index in [0.717, 1.165) is 11.2 Å². The standard InChI is InChI=1S/C9H11N3O3S/c1-16(14,15)9-11-6-4-2-3-5-7(6)12(9)8(10)13/h2-5,9,11H,1H3,(H2,10,13). The number of nitrogens with two attached hydrogens (primary N) is 1. The summed E-state index contributed by atoms with van der Waals surface area (Å²) >= 11 is 0. The van der Waals surface area contributed by atoms with Gasteiger partial charge in [-0.1, -0.05) is 12.1 Å². The maximum atomic E-state index is 11.5. The van der Waals surface area contributed by atoms with Gasteiger partial charge in [0.15, 0.2) is 9.84 Å². The van der Waals surface area contributed by atoms with Crippen molar-refractivity contribution in [3.8, 4) is 0 Å². The summed E-state index contributed by atoms with van der Waals surface area (Å²) in [6.07, 6.45) is 1.05. The van der Waals surface area contributed by atoms with Gasteiger partial charge in [-0.05, 0) is 12.1 Å². The Morgan fingerprint density at radius 2 is 2.06 bits per heavy atom. The number of hydrogen-bond acceptors (Lipinski definition) is 4. The van der Waals surface area contributed by atoms with Gasteiger partial charge in [-0.15, -0.1) is 0 Å². The highest BCUT2D eigenvalue weighted by atomic mass is 32.2. The normalized spacial score (nSPS) is 19.1. The van der Waals surface area contributed by atoms with Crippen LogP contribution in [0.25, 0.3) is 0 Å². The lowest BCUT2D eigenvalue weighted by Crippen LogP contribution is -2.47. The topological polar surface area (TPSA) is 92.5 Å². The molecular weight excluding hydrogens is 230 g/mol. The maximum Gasteiger partial charge on any atom is 0.321 e. The number of primary amides is 1. The minimum absolute atomic E-state index is 0.477. The first-order valence-electron chi connectivity index (χ1n) is 4.54. The van der Waals surface area contributed by atoms with Crippen LogP contribution in [0.15, 0.2) is 24.3 Å². The molecule has 2 rings (SSSR count). The van der Waals surface area contributed by atoms with Crippen molar-refractivity contribution < 1.29 is 13.2 Å². The van der Waals surface area contributed by atoms with E-state index in [9.17, 15) is 13.2 Å². The highest BCUT2D eigenvalue weighted by Crippen LogP contribution is 2.35. The van der Waals surface area contributed by atoms with Crippen molar-refractivity contribution in [1.82, 2.24) is 0 Å². The smallest absolute Gasteiger partial charge is 0.321 e. The predicted octanol–water partition coefficient (Wildman–Crippen LogP) is 0.325. The molecule has 1 aliphatic rings. The quantitative estimate of drug-likeness (QED) is 0.740. The average molecular weight is 241 g/mol. The molecule has 0 radical (unpaired) electrons. The molecule has 0 aromatic heterocycles. The van der Waals surface area contributed by atoms with Crippen molar-refractivity contribution in [3.05, 3.63) is 24.3 Å². The second kappa shape index (κ2) is 3.38. The molecule has 1 atom stereocenters. The van der Waals surface area contributed by atoms with Crippen LogP contribution in [0, 0.1) is 0 Å². The SMILES string of the molecule is CS(=O)(=O)C1Nc2ccccc2N1C(N)=O. The van der Waals surface area contributed by atoms with E-state index >= 15 is 0 Å². The summed E-state index contributed by atoms with van der Waals surface area (Å²) in [5.41, 5.74) is 5.12. The van der Waals surface area contributed by atoms with Crippen LogP contribution in [0.5, 0.6) is 0 Å². The molecule has 0 bridgehead atoms. The molecule has 1 aromatic rings. The summed E-state index contributed by atoms with van der Waals surface area (Å²) in [6, 6.07) is 5.98. The van der Waals surface area contributed by atoms with Crippen LogP contribution in [0.3, 0.4) is 0 Å². The summed E-state index contributed by atoms with van der Waals surface area (Å²) < 4.78 is 23.0. The Morgan fingerprint density at radius 1 is 1.44 bits per heavy atom. The zero-order valence-electron chi connectivity index (χ0n) is 8.54. The third-order valence-corrected chi connectivity index (χ3v) is 3.46. The number of urea groups is 1. The molecule has 0 saturated heterocycles. The van der Waals surface area contributed by atoms with Crippen LogP contribution in [0.1, 0.15) is 0 Å². The molecule has 1 aromatic carbocycles. The molecule has 7 heteroatoms. The van der Waals surface area contributed by atoms with E-state index < -0.39 is 21.4 Å². The number of carbonyl (C=O) groups excluding carboxylic acids is 1. The molecule has 6 nitrogen and oxygen atoms in total.